The molecule has 0 saturated carbocycles. The summed E-state index contributed by atoms with van der Waals surface area (Å²) >= 11 is 2.79. The van der Waals surface area contributed by atoms with E-state index < -0.39 is 11.9 Å². The molecule has 0 bridgehead atoms. The summed E-state index contributed by atoms with van der Waals surface area (Å²) in [7, 11) is 0. The van der Waals surface area contributed by atoms with Gasteiger partial charge in [0.1, 0.15) is 0 Å². The number of primary amides is 1. The topological polar surface area (TPSA) is 110 Å². The van der Waals surface area contributed by atoms with Crippen molar-refractivity contribution in [1.29, 1.82) is 0 Å². The predicted molar refractivity (Wildman–Crippen MR) is 71.7 cm³/mol. The lowest BCUT2D eigenvalue weighted by Gasteiger charge is -1.98. The predicted octanol–water partition coefficient (Wildman–Crippen LogP) is 0.813. The summed E-state index contributed by atoms with van der Waals surface area (Å²) < 4.78 is 0.758. The molecule has 0 radical (unpaired) electrons. The number of anilines is 1. The molecule has 0 unspecified atom stereocenters. The fraction of sp³-hybridized carbons (Fsp3) is 0.333. The molecule has 0 saturated heterocycles. The van der Waals surface area contributed by atoms with Gasteiger partial charge in [-0.15, -0.1) is 16.8 Å². The lowest BCUT2D eigenvalue weighted by Crippen LogP contribution is -2.35. The maximum Gasteiger partial charge on any atom is 0.318 e. The lowest BCUT2D eigenvalue weighted by molar-refractivity contribution is -0.119. The van der Waals surface area contributed by atoms with Crippen LogP contribution in [0.5, 0.6) is 0 Å². The molecule has 18 heavy (non-hydrogen) atoms. The number of nitrogens with one attached hydrogen (secondary N) is 2. The maximum atomic E-state index is 11.1. The molecule has 0 fully saturated rings. The zero-order valence-electron chi connectivity index (χ0n) is 9.51. The Bertz CT molecular complexity index is 434. The molecule has 0 aliphatic carbocycles. The number of thioether (sulfide) groups is 1. The summed E-state index contributed by atoms with van der Waals surface area (Å²) in [6, 6.07) is -0.836. The van der Waals surface area contributed by atoms with Gasteiger partial charge in [0, 0.05) is 18.7 Å². The molecule has 3 amide bonds. The van der Waals surface area contributed by atoms with Gasteiger partial charge in [0.2, 0.25) is 11.0 Å². The van der Waals surface area contributed by atoms with Crippen molar-refractivity contribution < 1.29 is 9.59 Å². The Balaban J connectivity index is 2.26. The molecule has 1 rings (SSSR count). The third-order valence-electron chi connectivity index (χ3n) is 1.62. The van der Waals surface area contributed by atoms with Crippen LogP contribution in [0.2, 0.25) is 0 Å². The number of carbonyl (C=O) groups excluding carboxylic acids is 2. The smallest absolute Gasteiger partial charge is 0.318 e. The van der Waals surface area contributed by atoms with Crippen molar-refractivity contribution in [3.63, 3.8) is 0 Å². The first-order valence-corrected chi connectivity index (χ1v) is 6.82. The highest BCUT2D eigenvalue weighted by Crippen LogP contribution is 2.25. The molecule has 0 aliphatic rings. The number of amides is 3. The van der Waals surface area contributed by atoms with Gasteiger partial charge >= 0.3 is 6.03 Å². The van der Waals surface area contributed by atoms with Crippen molar-refractivity contribution in [3.05, 3.63) is 12.7 Å². The zero-order chi connectivity index (χ0) is 13.4. The molecule has 7 nitrogen and oxygen atoms in total. The highest BCUT2D eigenvalue weighted by Gasteiger charge is 2.07. The Morgan fingerprint density at radius 3 is 2.94 bits per heavy atom. The number of nitrogens with zero attached hydrogens (tertiary/aromatic N) is 2. The summed E-state index contributed by atoms with van der Waals surface area (Å²) in [6.45, 7) is 4.21. The summed E-state index contributed by atoms with van der Waals surface area (Å²) in [4.78, 5) is 21.5. The average Bonchev–Trinajstić information content (AvgIpc) is 2.73. The van der Waals surface area contributed by atoms with Crippen LogP contribution in [0, 0.1) is 0 Å². The van der Waals surface area contributed by atoms with E-state index in [1.54, 1.807) is 6.08 Å². The Morgan fingerprint density at radius 2 is 2.28 bits per heavy atom. The van der Waals surface area contributed by atoms with Crippen molar-refractivity contribution in [1.82, 2.24) is 15.5 Å². The summed E-state index contributed by atoms with van der Waals surface area (Å²) in [5, 5.41) is 13.6. The first kappa shape index (κ1) is 14.5. The van der Waals surface area contributed by atoms with Crippen LogP contribution in [0.15, 0.2) is 17.0 Å². The normalized spacial score (nSPS) is 9.78. The van der Waals surface area contributed by atoms with E-state index in [0.717, 1.165) is 4.34 Å². The molecule has 0 atom stereocenters. The molecule has 0 aliphatic heterocycles. The molecule has 98 valence electrons. The van der Waals surface area contributed by atoms with Crippen LogP contribution in [0.25, 0.3) is 0 Å². The highest BCUT2D eigenvalue weighted by atomic mass is 32.2. The highest BCUT2D eigenvalue weighted by molar-refractivity contribution is 8.01. The first-order valence-electron chi connectivity index (χ1n) is 5.02. The van der Waals surface area contributed by atoms with Crippen LogP contribution in [0.3, 0.4) is 0 Å². The molecular formula is C9H13N5O2S2. The van der Waals surface area contributed by atoms with E-state index >= 15 is 0 Å². The van der Waals surface area contributed by atoms with Gasteiger partial charge in [-0.25, -0.2) is 4.79 Å². The van der Waals surface area contributed by atoms with E-state index in [2.05, 4.69) is 22.1 Å². The van der Waals surface area contributed by atoms with E-state index in [1.807, 2.05) is 5.32 Å². The average molecular weight is 287 g/mol. The van der Waals surface area contributed by atoms with E-state index in [9.17, 15) is 9.59 Å². The number of imide groups is 1. The van der Waals surface area contributed by atoms with Crippen molar-refractivity contribution >= 4 is 40.2 Å². The number of rotatable bonds is 7. The van der Waals surface area contributed by atoms with Gasteiger partial charge in [0.05, 0.1) is 0 Å². The fourth-order valence-corrected chi connectivity index (χ4v) is 2.70. The van der Waals surface area contributed by atoms with Gasteiger partial charge < -0.3 is 11.1 Å². The van der Waals surface area contributed by atoms with Gasteiger partial charge in [-0.2, -0.15) is 0 Å². The Labute approximate surface area is 112 Å². The number of aromatic nitrogens is 2. The minimum atomic E-state index is -0.836. The lowest BCUT2D eigenvalue weighted by atomic mass is 10.4. The SMILES string of the molecule is C=CCNc1nnc(SCCC(=O)NC(N)=O)s1. The molecule has 9 heteroatoms. The Hall–Kier alpha value is -1.61. The molecule has 4 N–H and O–H groups in total. The van der Waals surface area contributed by atoms with Crippen LogP contribution in [-0.2, 0) is 4.79 Å². The number of nitrogens with two attached hydrogens (primary N) is 1. The summed E-state index contributed by atoms with van der Waals surface area (Å²) in [6.07, 6.45) is 1.92. The molecule has 0 aromatic carbocycles. The number of hydrogen-bond donors (Lipinski definition) is 3. The first-order chi connectivity index (χ1) is 8.61. The monoisotopic (exact) mass is 287 g/mol. The van der Waals surface area contributed by atoms with Crippen LogP contribution in [0.1, 0.15) is 6.42 Å². The van der Waals surface area contributed by atoms with Gasteiger partial charge in [-0.3, -0.25) is 10.1 Å². The van der Waals surface area contributed by atoms with E-state index in [4.69, 9.17) is 5.73 Å². The number of carbonyl (C=O) groups is 2. The van der Waals surface area contributed by atoms with Crippen LogP contribution in [-0.4, -0.2) is 34.4 Å². The van der Waals surface area contributed by atoms with E-state index in [0.29, 0.717) is 17.4 Å². The quantitative estimate of drug-likeness (QED) is 0.506. The largest absolute Gasteiger partial charge is 0.357 e. The van der Waals surface area contributed by atoms with Crippen LogP contribution >= 0.6 is 23.1 Å². The van der Waals surface area contributed by atoms with Crippen molar-refractivity contribution in [2.45, 2.75) is 10.8 Å². The van der Waals surface area contributed by atoms with Gasteiger partial charge in [-0.05, 0) is 0 Å². The van der Waals surface area contributed by atoms with Crippen molar-refractivity contribution in [2.75, 3.05) is 17.6 Å². The fourth-order valence-electron chi connectivity index (χ4n) is 0.930. The molecular weight excluding hydrogens is 274 g/mol. The van der Waals surface area contributed by atoms with Crippen LogP contribution in [0.4, 0.5) is 9.93 Å². The van der Waals surface area contributed by atoms with E-state index in [1.165, 1.54) is 23.1 Å². The second-order valence-electron chi connectivity index (χ2n) is 3.05. The maximum absolute atomic E-state index is 11.1. The van der Waals surface area contributed by atoms with Crippen LogP contribution < -0.4 is 16.4 Å². The standard InChI is InChI=1S/C9H13N5O2S2/c1-2-4-11-8-13-14-9(18-8)17-5-3-6(15)12-7(10)16/h2H,1,3-5H2,(H,11,13)(H3,10,12,15,16). The number of urea groups is 1. The molecule has 1 aromatic rings. The zero-order valence-corrected chi connectivity index (χ0v) is 11.1. The van der Waals surface area contributed by atoms with Crippen molar-refractivity contribution in [2.24, 2.45) is 5.73 Å². The summed E-state index contributed by atoms with van der Waals surface area (Å²) in [5.74, 6) is 0.111. The van der Waals surface area contributed by atoms with Gasteiger partial charge in [0.25, 0.3) is 0 Å². The molecule has 1 aromatic heterocycles. The third-order valence-corrected chi connectivity index (χ3v) is 3.64. The molecule has 1 heterocycles. The van der Waals surface area contributed by atoms with Crippen molar-refractivity contribution in [3.8, 4) is 0 Å². The second-order valence-corrected chi connectivity index (χ2v) is 5.37. The van der Waals surface area contributed by atoms with Gasteiger partial charge in [-0.1, -0.05) is 29.2 Å². The minimum Gasteiger partial charge on any atom is -0.357 e. The van der Waals surface area contributed by atoms with Gasteiger partial charge in [0.15, 0.2) is 4.34 Å². The Morgan fingerprint density at radius 1 is 1.50 bits per heavy atom. The summed E-state index contributed by atoms with van der Waals surface area (Å²) in [5.41, 5.74) is 4.81. The Kier molecular flexibility index (Phi) is 6.15. The second kappa shape index (κ2) is 7.67. The minimum absolute atomic E-state index is 0.197. The number of hydrogen-bond acceptors (Lipinski definition) is 7. The van der Waals surface area contributed by atoms with E-state index in [-0.39, 0.29) is 6.42 Å². The third kappa shape index (κ3) is 5.64. The molecule has 0 spiro atoms.